The lowest BCUT2D eigenvalue weighted by Crippen LogP contribution is -2.39. The number of aromatic nitrogens is 3. The first-order chi connectivity index (χ1) is 20.9. The number of halogens is 2. The average Bonchev–Trinajstić information content (AvgIpc) is 3.36. The van der Waals surface area contributed by atoms with E-state index < -0.39 is 24.5 Å². The highest BCUT2D eigenvalue weighted by molar-refractivity contribution is 5.92. The maximum Gasteiger partial charge on any atom is 0.335 e. The highest BCUT2D eigenvalue weighted by atomic mass is 19.1. The molecule has 6 rings (SSSR count). The van der Waals surface area contributed by atoms with Gasteiger partial charge >= 0.3 is 5.97 Å². The Morgan fingerprint density at radius 3 is 2.63 bits per heavy atom. The summed E-state index contributed by atoms with van der Waals surface area (Å²) in [6, 6.07) is 15.9. The molecule has 2 aliphatic rings. The van der Waals surface area contributed by atoms with E-state index in [0.29, 0.717) is 54.5 Å². The van der Waals surface area contributed by atoms with Gasteiger partial charge in [-0.2, -0.15) is 5.26 Å². The normalized spacial score (nSPS) is 18.2. The summed E-state index contributed by atoms with van der Waals surface area (Å²) in [5.74, 6) is -0.409. The van der Waals surface area contributed by atoms with Gasteiger partial charge in [-0.15, -0.1) is 0 Å². The highest BCUT2D eigenvalue weighted by Gasteiger charge is 2.32. The van der Waals surface area contributed by atoms with Crippen LogP contribution in [0.25, 0.3) is 11.0 Å². The fraction of sp³-hybridized carbons (Fsp3) is 0.375. The van der Waals surface area contributed by atoms with Crippen LogP contribution in [0.3, 0.4) is 0 Å². The molecular formula is C32H31F2N5O4. The highest BCUT2D eigenvalue weighted by Crippen LogP contribution is 2.34. The van der Waals surface area contributed by atoms with Crippen LogP contribution in [0.2, 0.25) is 0 Å². The number of rotatable bonds is 10. The number of carboxylic acids is 1. The molecule has 2 aromatic carbocycles. The lowest BCUT2D eigenvalue weighted by atomic mass is 9.92. The number of ether oxygens (including phenoxy) is 2. The Morgan fingerprint density at radius 2 is 1.95 bits per heavy atom. The minimum absolute atomic E-state index is 0.00846. The van der Waals surface area contributed by atoms with E-state index in [1.54, 1.807) is 24.3 Å². The molecule has 0 radical (unpaired) electrons. The second-order valence-electron chi connectivity index (χ2n) is 11.0. The molecule has 4 aromatic rings. The summed E-state index contributed by atoms with van der Waals surface area (Å²) in [6.45, 7) is 1.80. The lowest BCUT2D eigenvalue weighted by Gasteiger charge is -2.36. The standard InChI is InChI=1S/C32H31F2N5O4/c33-16-29(31-37-27-7-6-22(32(40)41)15-28(27)39(31)18-24-10-13-42-24)38-11-8-21(9-12-38)26-2-1-3-30(36-26)43-19-23-5-4-20(17-35)14-25(23)34/h1-7,14-15,21,24,29H,8-13,16,18-19H2,(H,40,41)/t24-,29?/m0/s1. The quantitative estimate of drug-likeness (QED) is 0.263. The second-order valence-corrected chi connectivity index (χ2v) is 11.0. The fourth-order valence-electron chi connectivity index (χ4n) is 5.81. The third-order valence-electron chi connectivity index (χ3n) is 8.34. The number of nitriles is 1. The Bertz CT molecular complexity index is 1670. The van der Waals surface area contributed by atoms with Gasteiger partial charge in [0.1, 0.15) is 24.9 Å². The Labute approximate surface area is 247 Å². The smallest absolute Gasteiger partial charge is 0.335 e. The Hall–Kier alpha value is -4.40. The number of benzene rings is 2. The second kappa shape index (κ2) is 12.5. The van der Waals surface area contributed by atoms with E-state index in [0.717, 1.165) is 25.0 Å². The number of piperidine rings is 1. The van der Waals surface area contributed by atoms with Crippen molar-refractivity contribution in [1.82, 2.24) is 19.4 Å². The van der Waals surface area contributed by atoms with E-state index in [2.05, 4.69) is 9.88 Å². The van der Waals surface area contributed by atoms with Crippen LogP contribution in [0.1, 0.15) is 64.2 Å². The first-order valence-corrected chi connectivity index (χ1v) is 14.4. The largest absolute Gasteiger partial charge is 0.478 e. The summed E-state index contributed by atoms with van der Waals surface area (Å²) in [5, 5.41) is 18.5. The van der Waals surface area contributed by atoms with Crippen molar-refractivity contribution in [3.05, 3.63) is 88.6 Å². The molecule has 2 aromatic heterocycles. The van der Waals surface area contributed by atoms with Crippen LogP contribution in [0, 0.1) is 17.1 Å². The zero-order valence-corrected chi connectivity index (χ0v) is 23.5. The maximum atomic E-state index is 14.8. The van der Waals surface area contributed by atoms with Gasteiger partial charge in [0.25, 0.3) is 0 Å². The molecule has 2 saturated heterocycles. The Kier molecular flexibility index (Phi) is 8.31. The van der Waals surface area contributed by atoms with Gasteiger partial charge in [-0.05, 0) is 68.8 Å². The number of aromatic carboxylic acids is 1. The van der Waals surface area contributed by atoms with Crippen molar-refractivity contribution in [2.24, 2.45) is 0 Å². The van der Waals surface area contributed by atoms with Gasteiger partial charge in [0.2, 0.25) is 5.88 Å². The van der Waals surface area contributed by atoms with Gasteiger partial charge in [-0.1, -0.05) is 12.1 Å². The number of alkyl halides is 1. The molecule has 1 unspecified atom stereocenters. The summed E-state index contributed by atoms with van der Waals surface area (Å²) >= 11 is 0. The van der Waals surface area contributed by atoms with E-state index in [-0.39, 0.29) is 29.8 Å². The molecule has 222 valence electrons. The van der Waals surface area contributed by atoms with Crippen molar-refractivity contribution in [3.8, 4) is 11.9 Å². The molecule has 0 aliphatic carbocycles. The van der Waals surface area contributed by atoms with Crippen molar-refractivity contribution < 1.29 is 28.2 Å². The number of fused-ring (bicyclic) bond motifs is 1. The monoisotopic (exact) mass is 587 g/mol. The van der Waals surface area contributed by atoms with Crippen molar-refractivity contribution in [2.45, 2.75) is 50.5 Å². The number of carbonyl (C=O) groups is 1. The predicted octanol–water partition coefficient (Wildman–Crippen LogP) is 5.40. The first-order valence-electron chi connectivity index (χ1n) is 14.4. The van der Waals surface area contributed by atoms with Gasteiger partial charge in [0.05, 0.1) is 46.9 Å². The molecule has 11 heteroatoms. The van der Waals surface area contributed by atoms with Crippen LogP contribution in [0.5, 0.6) is 5.88 Å². The van der Waals surface area contributed by atoms with Crippen molar-refractivity contribution in [3.63, 3.8) is 0 Å². The number of pyridine rings is 1. The molecule has 1 N–H and O–H groups in total. The maximum absolute atomic E-state index is 14.8. The van der Waals surface area contributed by atoms with Gasteiger partial charge in [-0.25, -0.2) is 23.5 Å². The summed E-state index contributed by atoms with van der Waals surface area (Å²) in [5.41, 5.74) is 2.92. The molecule has 0 saturated carbocycles. The van der Waals surface area contributed by atoms with Crippen LogP contribution in [-0.4, -0.2) is 63.0 Å². The predicted molar refractivity (Wildman–Crippen MR) is 153 cm³/mol. The van der Waals surface area contributed by atoms with E-state index in [9.17, 15) is 18.7 Å². The topological polar surface area (TPSA) is 114 Å². The third-order valence-corrected chi connectivity index (χ3v) is 8.34. The average molecular weight is 588 g/mol. The van der Waals surface area contributed by atoms with Crippen LogP contribution in [0.4, 0.5) is 8.78 Å². The van der Waals surface area contributed by atoms with Gasteiger partial charge in [-0.3, -0.25) is 4.90 Å². The molecule has 43 heavy (non-hydrogen) atoms. The third kappa shape index (κ3) is 6.07. The number of likely N-dealkylation sites (tertiary alicyclic amines) is 1. The molecular weight excluding hydrogens is 556 g/mol. The summed E-state index contributed by atoms with van der Waals surface area (Å²) in [4.78, 5) is 23.2. The summed E-state index contributed by atoms with van der Waals surface area (Å²) < 4.78 is 42.4. The lowest BCUT2D eigenvalue weighted by molar-refractivity contribution is -0.0595. The summed E-state index contributed by atoms with van der Waals surface area (Å²) in [6.07, 6.45) is 2.39. The molecule has 4 heterocycles. The zero-order chi connectivity index (χ0) is 29.9. The van der Waals surface area contributed by atoms with Crippen molar-refractivity contribution in [1.29, 1.82) is 5.26 Å². The Balaban J connectivity index is 1.15. The van der Waals surface area contributed by atoms with E-state index in [4.69, 9.17) is 19.7 Å². The minimum atomic E-state index is -1.02. The van der Waals surface area contributed by atoms with Crippen LogP contribution in [-0.2, 0) is 17.9 Å². The van der Waals surface area contributed by atoms with Gasteiger partial charge in [0, 0.05) is 29.8 Å². The van der Waals surface area contributed by atoms with Crippen LogP contribution >= 0.6 is 0 Å². The zero-order valence-electron chi connectivity index (χ0n) is 23.5. The molecule has 0 spiro atoms. The SMILES string of the molecule is N#Cc1ccc(COc2cccc(C3CCN(C(CF)c4nc5ccc(C(=O)O)cc5n4C[C@@H]4CCO4)CC3)n2)c(F)c1. The van der Waals surface area contributed by atoms with E-state index >= 15 is 0 Å². The van der Waals surface area contributed by atoms with E-state index in [1.807, 2.05) is 22.8 Å². The molecule has 2 atom stereocenters. The van der Waals surface area contributed by atoms with Gasteiger partial charge < -0.3 is 19.1 Å². The first kappa shape index (κ1) is 28.7. The van der Waals surface area contributed by atoms with Crippen molar-refractivity contribution >= 4 is 17.0 Å². The van der Waals surface area contributed by atoms with Crippen LogP contribution < -0.4 is 4.74 Å². The minimum Gasteiger partial charge on any atom is -0.478 e. The molecule has 9 nitrogen and oxygen atoms in total. The Morgan fingerprint density at radius 1 is 1.14 bits per heavy atom. The molecule has 2 fully saturated rings. The number of nitrogens with zero attached hydrogens (tertiary/aromatic N) is 5. The molecule has 0 amide bonds. The number of carboxylic acid groups (broad SMARTS) is 1. The number of hydrogen-bond donors (Lipinski definition) is 1. The molecule has 2 aliphatic heterocycles. The van der Waals surface area contributed by atoms with Crippen LogP contribution in [0.15, 0.2) is 54.6 Å². The van der Waals surface area contributed by atoms with E-state index in [1.165, 1.54) is 18.2 Å². The number of imidazole rings is 1. The van der Waals surface area contributed by atoms with Gasteiger partial charge in [0.15, 0.2) is 0 Å². The molecule has 0 bridgehead atoms. The van der Waals surface area contributed by atoms with Crippen molar-refractivity contribution in [2.75, 3.05) is 26.4 Å². The fourth-order valence-corrected chi connectivity index (χ4v) is 5.81. The number of hydrogen-bond acceptors (Lipinski definition) is 7. The summed E-state index contributed by atoms with van der Waals surface area (Å²) in [7, 11) is 0.